The Morgan fingerprint density at radius 1 is 1.32 bits per heavy atom. The third kappa shape index (κ3) is 2.52. The van der Waals surface area contributed by atoms with Crippen LogP contribution in [0.3, 0.4) is 0 Å². The molecule has 2 bridgehead atoms. The molecular weight excluding hydrogens is 238 g/mol. The van der Waals surface area contributed by atoms with Gasteiger partial charge in [0.05, 0.1) is 5.92 Å². The fourth-order valence-corrected chi connectivity index (χ4v) is 4.45. The van der Waals surface area contributed by atoms with Crippen LogP contribution in [0.15, 0.2) is 0 Å². The number of likely N-dealkylation sites (tertiary alicyclic amines) is 1. The van der Waals surface area contributed by atoms with E-state index in [0.29, 0.717) is 17.8 Å². The largest absolute Gasteiger partial charge is 0.355 e. The van der Waals surface area contributed by atoms with E-state index in [2.05, 4.69) is 17.1 Å². The van der Waals surface area contributed by atoms with Gasteiger partial charge in [-0.3, -0.25) is 4.79 Å². The van der Waals surface area contributed by atoms with Gasteiger partial charge in [-0.2, -0.15) is 0 Å². The van der Waals surface area contributed by atoms with Gasteiger partial charge in [-0.25, -0.2) is 0 Å². The van der Waals surface area contributed by atoms with E-state index in [1.807, 2.05) is 0 Å². The summed E-state index contributed by atoms with van der Waals surface area (Å²) in [4.78, 5) is 14.8. The molecule has 3 rings (SSSR count). The van der Waals surface area contributed by atoms with Crippen molar-refractivity contribution < 1.29 is 4.79 Å². The molecule has 1 aliphatic heterocycles. The van der Waals surface area contributed by atoms with Crippen LogP contribution in [0.1, 0.15) is 32.6 Å². The third-order valence-electron chi connectivity index (χ3n) is 5.67. The Labute approximate surface area is 116 Å². The Morgan fingerprint density at radius 2 is 2.11 bits per heavy atom. The molecule has 5 unspecified atom stereocenters. The molecule has 3 N–H and O–H groups in total. The topological polar surface area (TPSA) is 58.4 Å². The summed E-state index contributed by atoms with van der Waals surface area (Å²) in [5, 5.41) is 3.18. The Bertz CT molecular complexity index is 344. The molecule has 1 saturated heterocycles. The van der Waals surface area contributed by atoms with E-state index in [4.69, 9.17) is 5.73 Å². The highest BCUT2D eigenvalue weighted by molar-refractivity contribution is 5.80. The Morgan fingerprint density at radius 3 is 2.74 bits per heavy atom. The van der Waals surface area contributed by atoms with E-state index in [-0.39, 0.29) is 17.9 Å². The summed E-state index contributed by atoms with van der Waals surface area (Å²) in [6, 6.07) is 0.120. The molecule has 19 heavy (non-hydrogen) atoms. The summed E-state index contributed by atoms with van der Waals surface area (Å²) in [7, 11) is 0. The van der Waals surface area contributed by atoms with Crippen molar-refractivity contribution in [3.63, 3.8) is 0 Å². The maximum absolute atomic E-state index is 12.3. The smallest absolute Gasteiger partial charge is 0.224 e. The van der Waals surface area contributed by atoms with Gasteiger partial charge in [0.1, 0.15) is 0 Å². The van der Waals surface area contributed by atoms with Crippen LogP contribution in [-0.2, 0) is 4.79 Å². The molecule has 3 aliphatic rings. The molecule has 0 aromatic rings. The van der Waals surface area contributed by atoms with Crippen molar-refractivity contribution in [2.75, 3.05) is 26.2 Å². The highest BCUT2D eigenvalue weighted by atomic mass is 16.1. The first kappa shape index (κ1) is 13.4. The number of hydrogen-bond acceptors (Lipinski definition) is 3. The predicted octanol–water partition coefficient (Wildman–Crippen LogP) is 0.818. The van der Waals surface area contributed by atoms with Gasteiger partial charge in [0, 0.05) is 19.1 Å². The van der Waals surface area contributed by atoms with Crippen LogP contribution in [0.4, 0.5) is 0 Å². The van der Waals surface area contributed by atoms with Gasteiger partial charge in [0.15, 0.2) is 0 Å². The minimum atomic E-state index is 0.0995. The van der Waals surface area contributed by atoms with Crippen LogP contribution >= 0.6 is 0 Å². The van der Waals surface area contributed by atoms with E-state index >= 15 is 0 Å². The number of hydrogen-bond donors (Lipinski definition) is 2. The zero-order valence-corrected chi connectivity index (χ0v) is 12.0. The third-order valence-corrected chi connectivity index (χ3v) is 5.67. The van der Waals surface area contributed by atoms with E-state index in [1.54, 1.807) is 0 Å². The average Bonchev–Trinajstić information content (AvgIpc) is 3.11. The maximum Gasteiger partial charge on any atom is 0.224 e. The fourth-order valence-electron chi connectivity index (χ4n) is 4.45. The van der Waals surface area contributed by atoms with Gasteiger partial charge in [-0.05, 0) is 56.5 Å². The molecule has 2 saturated carbocycles. The summed E-state index contributed by atoms with van der Waals surface area (Å²) >= 11 is 0. The first-order valence-corrected chi connectivity index (χ1v) is 7.94. The number of carbonyl (C=O) groups excluding carboxylic acids is 1. The number of nitrogens with one attached hydrogen (secondary N) is 1. The molecule has 108 valence electrons. The van der Waals surface area contributed by atoms with Crippen molar-refractivity contribution in [2.45, 2.75) is 38.6 Å². The van der Waals surface area contributed by atoms with Crippen molar-refractivity contribution in [3.05, 3.63) is 0 Å². The number of fused-ring (bicyclic) bond motifs is 2. The molecule has 1 amide bonds. The minimum absolute atomic E-state index is 0.0995. The van der Waals surface area contributed by atoms with Crippen molar-refractivity contribution in [2.24, 2.45) is 29.4 Å². The van der Waals surface area contributed by atoms with Gasteiger partial charge in [0.25, 0.3) is 0 Å². The van der Waals surface area contributed by atoms with Gasteiger partial charge >= 0.3 is 0 Å². The standard InChI is InChI=1S/C15H27N3O/c1-2-18-6-5-10(9-18)8-17-15(19)13-11-3-4-12(7-11)14(13)16/h10-14H,2-9,16H2,1H3,(H,17,19). The van der Waals surface area contributed by atoms with E-state index in [1.165, 1.54) is 32.2 Å². The number of amides is 1. The van der Waals surface area contributed by atoms with Crippen molar-refractivity contribution >= 4 is 5.91 Å². The number of nitrogens with two attached hydrogens (primary N) is 1. The molecule has 1 heterocycles. The molecule has 4 heteroatoms. The molecular formula is C15H27N3O. The van der Waals surface area contributed by atoms with Gasteiger partial charge in [0.2, 0.25) is 5.91 Å². The van der Waals surface area contributed by atoms with Crippen LogP contribution in [0.5, 0.6) is 0 Å². The fraction of sp³-hybridized carbons (Fsp3) is 0.933. The molecule has 5 atom stereocenters. The zero-order chi connectivity index (χ0) is 13.4. The lowest BCUT2D eigenvalue weighted by Gasteiger charge is -2.27. The summed E-state index contributed by atoms with van der Waals surface area (Å²) < 4.78 is 0. The monoisotopic (exact) mass is 265 g/mol. The normalized spacial score (nSPS) is 41.9. The summed E-state index contributed by atoms with van der Waals surface area (Å²) in [5.74, 6) is 2.15. The molecule has 2 aliphatic carbocycles. The predicted molar refractivity (Wildman–Crippen MR) is 75.5 cm³/mol. The Kier molecular flexibility index (Phi) is 3.81. The SMILES string of the molecule is CCN1CCC(CNC(=O)C2C3CCC(C3)C2N)C1. The maximum atomic E-state index is 12.3. The van der Waals surface area contributed by atoms with Crippen molar-refractivity contribution in [1.29, 1.82) is 0 Å². The Hall–Kier alpha value is -0.610. The first-order valence-electron chi connectivity index (χ1n) is 7.94. The second kappa shape index (κ2) is 5.41. The van der Waals surface area contributed by atoms with E-state index in [0.717, 1.165) is 19.6 Å². The van der Waals surface area contributed by atoms with Crippen LogP contribution in [-0.4, -0.2) is 43.0 Å². The average molecular weight is 265 g/mol. The van der Waals surface area contributed by atoms with E-state index in [9.17, 15) is 4.79 Å². The van der Waals surface area contributed by atoms with Crippen molar-refractivity contribution in [1.82, 2.24) is 10.2 Å². The van der Waals surface area contributed by atoms with Gasteiger partial charge < -0.3 is 16.0 Å². The van der Waals surface area contributed by atoms with Crippen LogP contribution in [0.25, 0.3) is 0 Å². The van der Waals surface area contributed by atoms with Gasteiger partial charge in [-0.1, -0.05) is 6.92 Å². The Balaban J connectivity index is 1.47. The van der Waals surface area contributed by atoms with Crippen LogP contribution in [0.2, 0.25) is 0 Å². The number of nitrogens with zero attached hydrogens (tertiary/aromatic N) is 1. The molecule has 3 fully saturated rings. The molecule has 4 nitrogen and oxygen atoms in total. The second-order valence-corrected chi connectivity index (χ2v) is 6.73. The van der Waals surface area contributed by atoms with Crippen LogP contribution in [0, 0.1) is 23.7 Å². The quantitative estimate of drug-likeness (QED) is 0.791. The van der Waals surface area contributed by atoms with Crippen LogP contribution < -0.4 is 11.1 Å². The highest BCUT2D eigenvalue weighted by Gasteiger charge is 2.49. The lowest BCUT2D eigenvalue weighted by atomic mass is 9.84. The molecule has 0 radical (unpaired) electrons. The lowest BCUT2D eigenvalue weighted by Crippen LogP contribution is -2.46. The second-order valence-electron chi connectivity index (χ2n) is 6.73. The highest BCUT2D eigenvalue weighted by Crippen LogP contribution is 2.47. The molecule has 0 aromatic heterocycles. The first-order chi connectivity index (χ1) is 9.19. The minimum Gasteiger partial charge on any atom is -0.355 e. The molecule has 0 spiro atoms. The number of carbonyl (C=O) groups is 1. The summed E-state index contributed by atoms with van der Waals surface area (Å²) in [6.45, 7) is 6.50. The summed E-state index contributed by atoms with van der Waals surface area (Å²) in [6.07, 6.45) is 4.86. The summed E-state index contributed by atoms with van der Waals surface area (Å²) in [5.41, 5.74) is 6.22. The lowest BCUT2D eigenvalue weighted by molar-refractivity contribution is -0.127. The van der Waals surface area contributed by atoms with Gasteiger partial charge in [-0.15, -0.1) is 0 Å². The zero-order valence-electron chi connectivity index (χ0n) is 12.0. The van der Waals surface area contributed by atoms with Crippen molar-refractivity contribution in [3.8, 4) is 0 Å². The number of rotatable bonds is 4. The van der Waals surface area contributed by atoms with E-state index < -0.39 is 0 Å². The molecule has 0 aromatic carbocycles.